The van der Waals surface area contributed by atoms with Crippen LogP contribution in [0.25, 0.3) is 11.3 Å². The van der Waals surface area contributed by atoms with Crippen LogP contribution in [0.2, 0.25) is 0 Å². The summed E-state index contributed by atoms with van der Waals surface area (Å²) in [6, 6.07) is 9.45. The van der Waals surface area contributed by atoms with Gasteiger partial charge >= 0.3 is 5.97 Å². The van der Waals surface area contributed by atoms with Gasteiger partial charge in [0.2, 0.25) is 0 Å². The Morgan fingerprint density at radius 2 is 1.90 bits per heavy atom. The van der Waals surface area contributed by atoms with Gasteiger partial charge in [0.25, 0.3) is 5.91 Å². The van der Waals surface area contributed by atoms with Crippen LogP contribution in [0.4, 0.5) is 5.00 Å². The Kier molecular flexibility index (Phi) is 6.51. The lowest BCUT2D eigenvalue weighted by Crippen LogP contribution is -2.16. The van der Waals surface area contributed by atoms with E-state index in [2.05, 4.69) is 10.5 Å². The van der Waals surface area contributed by atoms with Gasteiger partial charge in [-0.15, -0.1) is 11.3 Å². The van der Waals surface area contributed by atoms with E-state index in [0.29, 0.717) is 34.2 Å². The minimum atomic E-state index is -0.359. The van der Waals surface area contributed by atoms with E-state index < -0.39 is 0 Å². The topological polar surface area (TPSA) is 81.4 Å². The van der Waals surface area contributed by atoms with Crippen LogP contribution in [-0.4, -0.2) is 23.6 Å². The lowest BCUT2D eigenvalue weighted by atomic mass is 10.0. The molecule has 0 unspecified atom stereocenters. The zero-order valence-electron chi connectivity index (χ0n) is 17.8. The number of aryl methyl sites for hydroxylation is 2. The number of carbonyl (C=O) groups is 2. The maximum atomic E-state index is 13.3. The lowest BCUT2D eigenvalue weighted by molar-refractivity contribution is 0.0505. The van der Waals surface area contributed by atoms with Crippen molar-refractivity contribution in [2.24, 2.45) is 0 Å². The van der Waals surface area contributed by atoms with Gasteiger partial charge in [0.05, 0.1) is 12.2 Å². The van der Waals surface area contributed by atoms with Crippen molar-refractivity contribution in [3.63, 3.8) is 0 Å². The predicted molar refractivity (Wildman–Crippen MR) is 121 cm³/mol. The SMILES string of the molecule is CCCOC(=O)c1c(NC(=O)c2c(-c3ccccc3)noc2C)sc2c1CCCCC2. The molecular formula is C24H26N2O4S. The first kappa shape index (κ1) is 21.3. The summed E-state index contributed by atoms with van der Waals surface area (Å²) in [7, 11) is 0. The normalized spacial score (nSPS) is 13.4. The highest BCUT2D eigenvalue weighted by Crippen LogP contribution is 2.38. The highest BCUT2D eigenvalue weighted by atomic mass is 32.1. The second-order valence-electron chi connectivity index (χ2n) is 7.69. The number of anilines is 1. The fourth-order valence-electron chi connectivity index (χ4n) is 3.91. The number of rotatable bonds is 6. The van der Waals surface area contributed by atoms with Crippen LogP contribution >= 0.6 is 11.3 Å². The third-order valence-electron chi connectivity index (χ3n) is 5.43. The molecule has 162 valence electrons. The van der Waals surface area contributed by atoms with Crippen molar-refractivity contribution in [1.29, 1.82) is 0 Å². The highest BCUT2D eigenvalue weighted by molar-refractivity contribution is 7.17. The number of fused-ring (bicyclic) bond motifs is 1. The molecule has 1 aromatic carbocycles. The summed E-state index contributed by atoms with van der Waals surface area (Å²) in [6.45, 7) is 4.04. The van der Waals surface area contributed by atoms with Gasteiger partial charge in [-0.2, -0.15) is 0 Å². The largest absolute Gasteiger partial charge is 0.462 e. The molecular weight excluding hydrogens is 412 g/mol. The summed E-state index contributed by atoms with van der Waals surface area (Å²) >= 11 is 1.49. The van der Waals surface area contributed by atoms with Crippen molar-refractivity contribution in [1.82, 2.24) is 5.16 Å². The van der Waals surface area contributed by atoms with Gasteiger partial charge in [0, 0.05) is 10.4 Å². The standard InChI is InChI=1S/C24H26N2O4S/c1-3-14-29-24(28)20-17-12-8-5-9-13-18(17)31-23(20)25-22(27)19-15(2)30-26-21(19)16-10-6-4-7-11-16/h4,6-7,10-11H,3,5,8-9,12-14H2,1-2H3,(H,25,27). The zero-order valence-corrected chi connectivity index (χ0v) is 18.6. The number of hydrogen-bond acceptors (Lipinski definition) is 6. The number of esters is 1. The Balaban J connectivity index is 1.69. The van der Waals surface area contributed by atoms with Crippen LogP contribution in [0.1, 0.15) is 69.5 Å². The Bertz CT molecular complexity index is 1080. The zero-order chi connectivity index (χ0) is 21.8. The van der Waals surface area contributed by atoms with Crippen molar-refractivity contribution >= 4 is 28.2 Å². The molecule has 0 atom stereocenters. The van der Waals surface area contributed by atoms with Gasteiger partial charge in [-0.3, -0.25) is 4.79 Å². The van der Waals surface area contributed by atoms with Crippen molar-refractivity contribution < 1.29 is 18.8 Å². The molecule has 3 aromatic rings. The van der Waals surface area contributed by atoms with Gasteiger partial charge in [-0.1, -0.05) is 48.8 Å². The molecule has 2 aromatic heterocycles. The van der Waals surface area contributed by atoms with E-state index in [1.807, 2.05) is 37.3 Å². The minimum Gasteiger partial charge on any atom is -0.462 e. The molecule has 31 heavy (non-hydrogen) atoms. The maximum absolute atomic E-state index is 13.3. The molecule has 0 fully saturated rings. The van der Waals surface area contributed by atoms with E-state index in [9.17, 15) is 9.59 Å². The monoisotopic (exact) mass is 438 g/mol. The summed E-state index contributed by atoms with van der Waals surface area (Å²) in [4.78, 5) is 27.4. The molecule has 0 radical (unpaired) electrons. The molecule has 0 saturated carbocycles. The maximum Gasteiger partial charge on any atom is 0.341 e. The van der Waals surface area contributed by atoms with Crippen LogP contribution in [0.15, 0.2) is 34.9 Å². The van der Waals surface area contributed by atoms with Crippen LogP contribution in [0.5, 0.6) is 0 Å². The fourth-order valence-corrected chi connectivity index (χ4v) is 5.18. The molecule has 1 aliphatic carbocycles. The second kappa shape index (κ2) is 9.47. The van der Waals surface area contributed by atoms with E-state index in [0.717, 1.165) is 49.7 Å². The highest BCUT2D eigenvalue weighted by Gasteiger charge is 2.29. The summed E-state index contributed by atoms with van der Waals surface area (Å²) in [5, 5.41) is 7.63. The van der Waals surface area contributed by atoms with Crippen LogP contribution in [0, 0.1) is 6.92 Å². The van der Waals surface area contributed by atoms with Crippen molar-refractivity contribution in [3.05, 3.63) is 57.7 Å². The van der Waals surface area contributed by atoms with Crippen molar-refractivity contribution in [2.75, 3.05) is 11.9 Å². The Morgan fingerprint density at radius 1 is 1.13 bits per heavy atom. The Morgan fingerprint density at radius 3 is 2.68 bits per heavy atom. The van der Waals surface area contributed by atoms with E-state index in [4.69, 9.17) is 9.26 Å². The Labute approximate surface area is 185 Å². The summed E-state index contributed by atoms with van der Waals surface area (Å²) < 4.78 is 10.8. The number of carbonyl (C=O) groups excluding carboxylic acids is 2. The number of nitrogens with one attached hydrogen (secondary N) is 1. The van der Waals surface area contributed by atoms with Gasteiger partial charge in [-0.25, -0.2) is 4.79 Å². The van der Waals surface area contributed by atoms with E-state index in [1.54, 1.807) is 6.92 Å². The first-order chi connectivity index (χ1) is 15.1. The molecule has 0 spiro atoms. The second-order valence-corrected chi connectivity index (χ2v) is 8.79. The average molecular weight is 439 g/mol. The molecule has 1 amide bonds. The molecule has 1 N–H and O–H groups in total. The van der Waals surface area contributed by atoms with Crippen molar-refractivity contribution in [2.45, 2.75) is 52.4 Å². The van der Waals surface area contributed by atoms with Gasteiger partial charge in [0.15, 0.2) is 0 Å². The predicted octanol–water partition coefficient (Wildman–Crippen LogP) is 5.80. The number of thiophene rings is 1. The van der Waals surface area contributed by atoms with Crippen LogP contribution < -0.4 is 5.32 Å². The summed E-state index contributed by atoms with van der Waals surface area (Å²) in [5.41, 5.74) is 3.21. The van der Waals surface area contributed by atoms with Crippen LogP contribution in [-0.2, 0) is 17.6 Å². The average Bonchev–Trinajstić information content (AvgIpc) is 3.24. The lowest BCUT2D eigenvalue weighted by Gasteiger charge is -2.09. The minimum absolute atomic E-state index is 0.335. The van der Waals surface area contributed by atoms with E-state index in [1.165, 1.54) is 16.2 Å². The quantitative estimate of drug-likeness (QED) is 0.389. The van der Waals surface area contributed by atoms with Crippen LogP contribution in [0.3, 0.4) is 0 Å². The molecule has 7 heteroatoms. The molecule has 0 saturated heterocycles. The molecule has 6 nitrogen and oxygen atoms in total. The molecule has 0 bridgehead atoms. The number of hydrogen-bond donors (Lipinski definition) is 1. The Hall–Kier alpha value is -2.93. The number of benzene rings is 1. The summed E-state index contributed by atoms with van der Waals surface area (Å²) in [6.07, 6.45) is 5.78. The van der Waals surface area contributed by atoms with E-state index in [-0.39, 0.29) is 11.9 Å². The number of amides is 1. The van der Waals surface area contributed by atoms with Gasteiger partial charge in [-0.05, 0) is 44.6 Å². The smallest absolute Gasteiger partial charge is 0.341 e. The number of aromatic nitrogens is 1. The third-order valence-corrected chi connectivity index (χ3v) is 6.63. The molecule has 0 aliphatic heterocycles. The first-order valence-corrected chi connectivity index (χ1v) is 11.6. The fraction of sp³-hybridized carbons (Fsp3) is 0.375. The van der Waals surface area contributed by atoms with Crippen molar-refractivity contribution in [3.8, 4) is 11.3 Å². The molecule has 2 heterocycles. The number of nitrogens with zero attached hydrogens (tertiary/aromatic N) is 1. The molecule has 1 aliphatic rings. The number of ether oxygens (including phenoxy) is 1. The van der Waals surface area contributed by atoms with Gasteiger partial charge in [0.1, 0.15) is 22.0 Å². The van der Waals surface area contributed by atoms with E-state index >= 15 is 0 Å². The van der Waals surface area contributed by atoms with Gasteiger partial charge < -0.3 is 14.6 Å². The molecule has 4 rings (SSSR count). The summed E-state index contributed by atoms with van der Waals surface area (Å²) in [5.74, 6) is -0.259. The third kappa shape index (κ3) is 4.42. The first-order valence-electron chi connectivity index (χ1n) is 10.7.